The fourth-order valence-electron chi connectivity index (χ4n) is 7.72. The number of fused-ring (bicyclic) bond motifs is 1. The van der Waals surface area contributed by atoms with Gasteiger partial charge in [-0.1, -0.05) is 194 Å². The molecule has 0 amide bonds. The van der Waals surface area contributed by atoms with Crippen molar-refractivity contribution in [3.8, 4) is 72.7 Å². The van der Waals surface area contributed by atoms with Crippen molar-refractivity contribution < 1.29 is 0 Å². The van der Waals surface area contributed by atoms with Crippen molar-refractivity contribution in [2.24, 2.45) is 0 Å². The predicted octanol–water partition coefficient (Wildman–Crippen LogP) is 14.3. The molecule has 0 aliphatic heterocycles. The highest BCUT2D eigenvalue weighted by Crippen LogP contribution is 2.56. The second kappa shape index (κ2) is 13.7. The molecule has 1 heterocycles. The van der Waals surface area contributed by atoms with Gasteiger partial charge < -0.3 is 4.57 Å². The average Bonchev–Trinajstić information content (AvgIpc) is 3.58. The highest BCUT2D eigenvalue weighted by atomic mass is 35.5. The fraction of sp³-hybridized carbons (Fsp3) is 0. The molecule has 0 atom stereocenters. The molecule has 1 aromatic heterocycles. The largest absolute Gasteiger partial charge is 0.308 e. The van der Waals surface area contributed by atoms with Gasteiger partial charge in [-0.05, 0) is 68.8 Å². The Kier molecular flexibility index (Phi) is 8.33. The van der Waals surface area contributed by atoms with Crippen LogP contribution in [-0.2, 0) is 0 Å². The first-order valence-corrected chi connectivity index (χ1v) is 18.0. The summed E-state index contributed by atoms with van der Waals surface area (Å²) in [7, 11) is 0. The number of benzene rings is 8. The van der Waals surface area contributed by atoms with E-state index in [1.807, 2.05) is 12.1 Å². The summed E-state index contributed by atoms with van der Waals surface area (Å²) in [6.45, 7) is 0. The van der Waals surface area contributed by atoms with Crippen LogP contribution in [0.25, 0.3) is 83.5 Å². The lowest BCUT2D eigenvalue weighted by Crippen LogP contribution is -1.99. The van der Waals surface area contributed by atoms with E-state index in [4.69, 9.17) is 11.6 Å². The van der Waals surface area contributed by atoms with Crippen molar-refractivity contribution in [3.63, 3.8) is 0 Å². The molecular formula is C50H34ClN. The maximum atomic E-state index is 6.57. The molecule has 0 unspecified atom stereocenters. The van der Waals surface area contributed by atoms with Crippen molar-refractivity contribution in [2.75, 3.05) is 0 Å². The van der Waals surface area contributed by atoms with E-state index in [0.717, 1.165) is 39.3 Å². The average molecular weight is 684 g/mol. The third-order valence-electron chi connectivity index (χ3n) is 9.85. The van der Waals surface area contributed by atoms with Gasteiger partial charge in [0.25, 0.3) is 0 Å². The molecule has 0 saturated carbocycles. The van der Waals surface area contributed by atoms with Crippen LogP contribution >= 0.6 is 11.6 Å². The summed E-state index contributed by atoms with van der Waals surface area (Å²) in [6.07, 6.45) is 0. The number of hydrogen-bond donors (Lipinski definition) is 0. The Morgan fingerprint density at radius 1 is 0.269 bits per heavy atom. The van der Waals surface area contributed by atoms with Gasteiger partial charge in [-0.2, -0.15) is 0 Å². The molecule has 0 saturated heterocycles. The second-order valence-electron chi connectivity index (χ2n) is 13.0. The maximum absolute atomic E-state index is 6.57. The highest BCUT2D eigenvalue weighted by molar-refractivity contribution is 6.30. The molecule has 246 valence electrons. The van der Waals surface area contributed by atoms with E-state index in [-0.39, 0.29) is 0 Å². The minimum atomic E-state index is 0.704. The minimum absolute atomic E-state index is 0.704. The number of halogens is 1. The highest BCUT2D eigenvalue weighted by Gasteiger charge is 2.32. The molecule has 0 aliphatic carbocycles. The number of hydrogen-bond acceptors (Lipinski definition) is 0. The van der Waals surface area contributed by atoms with Crippen LogP contribution in [0.2, 0.25) is 5.02 Å². The monoisotopic (exact) mass is 683 g/mol. The van der Waals surface area contributed by atoms with Crippen LogP contribution in [0.4, 0.5) is 0 Å². The van der Waals surface area contributed by atoms with Gasteiger partial charge >= 0.3 is 0 Å². The van der Waals surface area contributed by atoms with Gasteiger partial charge in [0, 0.05) is 32.6 Å². The molecular weight excluding hydrogens is 650 g/mol. The SMILES string of the molecule is Clc1ccc(-n2c(-c3ccccc3)c3c(-c4ccccc4)c(-c4ccccc4)c(-c4ccccc4)c(-c4ccccc4)c3c2-c2ccccc2)cc1. The fourth-order valence-corrected chi connectivity index (χ4v) is 7.85. The Balaban J connectivity index is 1.67. The standard InChI is InChI=1S/C50H34ClN/c51-41-31-33-42(34-32-41)52-49(39-27-15-5-16-28-39)47-45(37-23-11-3-12-24-37)43(35-19-7-1-8-20-35)44(36-21-9-2-10-22-36)46(38-25-13-4-14-26-38)48(47)50(52)40-29-17-6-18-30-40/h1-34H. The van der Waals surface area contributed by atoms with Gasteiger partial charge in [0.15, 0.2) is 0 Å². The van der Waals surface area contributed by atoms with Crippen LogP contribution in [0.5, 0.6) is 0 Å². The summed E-state index contributed by atoms with van der Waals surface area (Å²) in [6, 6.07) is 73.6. The van der Waals surface area contributed by atoms with E-state index in [2.05, 4.69) is 199 Å². The van der Waals surface area contributed by atoms with Crippen molar-refractivity contribution in [3.05, 3.63) is 211 Å². The van der Waals surface area contributed by atoms with Crippen molar-refractivity contribution in [1.29, 1.82) is 0 Å². The molecule has 52 heavy (non-hydrogen) atoms. The molecule has 0 radical (unpaired) electrons. The first-order chi connectivity index (χ1) is 25.8. The normalized spacial score (nSPS) is 11.2. The lowest BCUT2D eigenvalue weighted by atomic mass is 9.78. The Labute approximate surface area is 309 Å². The Bertz CT molecular complexity index is 2450. The van der Waals surface area contributed by atoms with E-state index in [1.165, 1.54) is 44.2 Å². The smallest absolute Gasteiger partial charge is 0.0620 e. The maximum Gasteiger partial charge on any atom is 0.0620 e. The molecule has 0 spiro atoms. The summed E-state index contributed by atoms with van der Waals surface area (Å²) in [4.78, 5) is 0. The lowest BCUT2D eigenvalue weighted by molar-refractivity contribution is 1.10. The zero-order valence-electron chi connectivity index (χ0n) is 28.5. The zero-order chi connectivity index (χ0) is 34.9. The molecule has 2 heteroatoms. The Morgan fingerprint density at radius 2 is 0.538 bits per heavy atom. The summed E-state index contributed by atoms with van der Waals surface area (Å²) in [5.74, 6) is 0. The predicted molar refractivity (Wildman–Crippen MR) is 221 cm³/mol. The third kappa shape index (κ3) is 5.53. The molecule has 8 aromatic carbocycles. The first kappa shape index (κ1) is 31.6. The van der Waals surface area contributed by atoms with Crippen molar-refractivity contribution in [2.45, 2.75) is 0 Å². The lowest BCUT2D eigenvalue weighted by Gasteiger charge is -2.24. The van der Waals surface area contributed by atoms with E-state index in [0.29, 0.717) is 5.02 Å². The second-order valence-corrected chi connectivity index (χ2v) is 13.4. The molecule has 9 aromatic rings. The van der Waals surface area contributed by atoms with Crippen LogP contribution in [0.3, 0.4) is 0 Å². The van der Waals surface area contributed by atoms with E-state index >= 15 is 0 Å². The van der Waals surface area contributed by atoms with Crippen molar-refractivity contribution in [1.82, 2.24) is 4.57 Å². The molecule has 0 N–H and O–H groups in total. The van der Waals surface area contributed by atoms with Gasteiger partial charge in [-0.3, -0.25) is 0 Å². The third-order valence-corrected chi connectivity index (χ3v) is 10.1. The minimum Gasteiger partial charge on any atom is -0.308 e. The topological polar surface area (TPSA) is 4.93 Å². The summed E-state index contributed by atoms with van der Waals surface area (Å²) < 4.78 is 2.47. The summed E-state index contributed by atoms with van der Waals surface area (Å²) >= 11 is 6.57. The van der Waals surface area contributed by atoms with Gasteiger partial charge in [0.1, 0.15) is 0 Å². The van der Waals surface area contributed by atoms with Crippen LogP contribution in [0.1, 0.15) is 0 Å². The van der Waals surface area contributed by atoms with Gasteiger partial charge in [0.05, 0.1) is 11.4 Å². The molecule has 0 aliphatic rings. The van der Waals surface area contributed by atoms with E-state index < -0.39 is 0 Å². The summed E-state index contributed by atoms with van der Waals surface area (Å²) in [5, 5.41) is 3.10. The number of nitrogens with zero attached hydrogens (tertiary/aromatic N) is 1. The van der Waals surface area contributed by atoms with Crippen molar-refractivity contribution >= 4 is 22.4 Å². The quantitative estimate of drug-likeness (QED) is 0.158. The van der Waals surface area contributed by atoms with Gasteiger partial charge in [0.2, 0.25) is 0 Å². The van der Waals surface area contributed by atoms with Gasteiger partial charge in [-0.25, -0.2) is 0 Å². The molecule has 9 rings (SSSR count). The molecule has 0 fully saturated rings. The van der Waals surface area contributed by atoms with Crippen LogP contribution in [-0.4, -0.2) is 4.57 Å². The van der Waals surface area contributed by atoms with Crippen LogP contribution in [0.15, 0.2) is 206 Å². The summed E-state index contributed by atoms with van der Waals surface area (Å²) in [5.41, 5.74) is 15.0. The van der Waals surface area contributed by atoms with E-state index in [9.17, 15) is 0 Å². The van der Waals surface area contributed by atoms with E-state index in [1.54, 1.807) is 0 Å². The first-order valence-electron chi connectivity index (χ1n) is 17.6. The number of aromatic nitrogens is 1. The number of rotatable bonds is 7. The van der Waals surface area contributed by atoms with Crippen LogP contribution < -0.4 is 0 Å². The van der Waals surface area contributed by atoms with Crippen LogP contribution in [0, 0.1) is 0 Å². The Morgan fingerprint density at radius 3 is 0.846 bits per heavy atom. The molecule has 1 nitrogen and oxygen atoms in total. The Hall–Kier alpha value is -6.41. The molecule has 0 bridgehead atoms. The zero-order valence-corrected chi connectivity index (χ0v) is 29.2. The van der Waals surface area contributed by atoms with Gasteiger partial charge in [-0.15, -0.1) is 0 Å².